The van der Waals surface area contributed by atoms with Gasteiger partial charge in [0.1, 0.15) is 6.04 Å². The second kappa shape index (κ2) is 4.13. The molecule has 0 spiro atoms. The largest absolute Gasteiger partial charge is 0.322 e. The monoisotopic (exact) mass is 278 g/mol. The third-order valence-corrected chi connectivity index (χ3v) is 3.17. The first-order chi connectivity index (χ1) is 7.49. The Morgan fingerprint density at radius 2 is 1.62 bits per heavy atom. The second-order valence-electron chi connectivity index (χ2n) is 3.18. The average molecular weight is 280 g/mol. The number of benzene rings is 1. The predicted molar refractivity (Wildman–Crippen MR) is 60.9 cm³/mol. The van der Waals surface area contributed by atoms with E-state index in [1.807, 2.05) is 0 Å². The van der Waals surface area contributed by atoms with E-state index < -0.39 is 18.0 Å². The SMILES string of the molecule is O=C1NC(=O)[C@H](c2cc(Cl)c(Cl)cc2Cl)N1. The van der Waals surface area contributed by atoms with Gasteiger partial charge in [-0.15, -0.1) is 0 Å². The predicted octanol–water partition coefficient (Wildman–Crippen LogP) is 2.53. The van der Waals surface area contributed by atoms with Crippen molar-refractivity contribution in [2.75, 3.05) is 0 Å². The number of nitrogens with one attached hydrogen (secondary N) is 2. The molecule has 0 aromatic heterocycles. The normalized spacial score (nSPS) is 19.6. The van der Waals surface area contributed by atoms with Gasteiger partial charge in [0.2, 0.25) is 0 Å². The molecule has 3 amide bonds. The van der Waals surface area contributed by atoms with Crippen molar-refractivity contribution in [1.29, 1.82) is 0 Å². The smallest absolute Gasteiger partial charge is 0.322 e. The van der Waals surface area contributed by atoms with Crippen molar-refractivity contribution in [3.63, 3.8) is 0 Å². The lowest BCUT2D eigenvalue weighted by atomic mass is 10.1. The van der Waals surface area contributed by atoms with Gasteiger partial charge in [-0.05, 0) is 12.1 Å². The first kappa shape index (κ1) is 11.5. The fraction of sp³-hybridized carbons (Fsp3) is 0.111. The molecule has 0 bridgehead atoms. The molecule has 1 aliphatic rings. The van der Waals surface area contributed by atoms with E-state index in [1.165, 1.54) is 12.1 Å². The topological polar surface area (TPSA) is 58.2 Å². The summed E-state index contributed by atoms with van der Waals surface area (Å²) >= 11 is 17.5. The second-order valence-corrected chi connectivity index (χ2v) is 4.41. The molecule has 2 N–H and O–H groups in total. The molecular formula is C9H5Cl3N2O2. The van der Waals surface area contributed by atoms with Crippen LogP contribution < -0.4 is 10.6 Å². The number of urea groups is 1. The van der Waals surface area contributed by atoms with E-state index >= 15 is 0 Å². The van der Waals surface area contributed by atoms with Gasteiger partial charge in [0.15, 0.2) is 0 Å². The molecule has 4 nitrogen and oxygen atoms in total. The molecule has 1 saturated heterocycles. The minimum atomic E-state index is -0.824. The van der Waals surface area contributed by atoms with E-state index in [-0.39, 0.29) is 10.0 Å². The van der Waals surface area contributed by atoms with Gasteiger partial charge in [-0.1, -0.05) is 34.8 Å². The van der Waals surface area contributed by atoms with E-state index in [4.69, 9.17) is 34.8 Å². The molecule has 7 heteroatoms. The average Bonchev–Trinajstić information content (AvgIpc) is 2.51. The van der Waals surface area contributed by atoms with E-state index in [1.54, 1.807) is 0 Å². The first-order valence-corrected chi connectivity index (χ1v) is 5.38. The Morgan fingerprint density at radius 1 is 1.00 bits per heavy atom. The highest BCUT2D eigenvalue weighted by molar-refractivity contribution is 6.43. The van der Waals surface area contributed by atoms with Crippen molar-refractivity contribution < 1.29 is 9.59 Å². The van der Waals surface area contributed by atoms with Gasteiger partial charge in [-0.2, -0.15) is 0 Å². The molecular weight excluding hydrogens is 274 g/mol. The Morgan fingerprint density at radius 3 is 2.19 bits per heavy atom. The summed E-state index contributed by atoms with van der Waals surface area (Å²) in [7, 11) is 0. The number of hydrogen-bond acceptors (Lipinski definition) is 2. The summed E-state index contributed by atoms with van der Waals surface area (Å²) in [5.74, 6) is -0.467. The maximum atomic E-state index is 11.4. The molecule has 0 saturated carbocycles. The third-order valence-electron chi connectivity index (χ3n) is 2.12. The van der Waals surface area contributed by atoms with Crippen molar-refractivity contribution in [2.24, 2.45) is 0 Å². The van der Waals surface area contributed by atoms with Crippen LogP contribution in [0.3, 0.4) is 0 Å². The van der Waals surface area contributed by atoms with Crippen molar-refractivity contribution in [3.8, 4) is 0 Å². The quantitative estimate of drug-likeness (QED) is 0.613. The highest BCUT2D eigenvalue weighted by atomic mass is 35.5. The number of halogens is 3. The molecule has 84 valence electrons. The maximum Gasteiger partial charge on any atom is 0.322 e. The zero-order valence-electron chi connectivity index (χ0n) is 7.68. The van der Waals surface area contributed by atoms with Crippen LogP contribution >= 0.6 is 34.8 Å². The fourth-order valence-electron chi connectivity index (χ4n) is 1.39. The number of carbonyl (C=O) groups is 2. The van der Waals surface area contributed by atoms with Crippen LogP contribution in [0.1, 0.15) is 11.6 Å². The number of imide groups is 1. The Kier molecular flexibility index (Phi) is 2.97. The number of carbonyl (C=O) groups excluding carboxylic acids is 2. The van der Waals surface area contributed by atoms with E-state index in [0.717, 1.165) is 0 Å². The van der Waals surface area contributed by atoms with Crippen LogP contribution in [-0.4, -0.2) is 11.9 Å². The summed E-state index contributed by atoms with van der Waals surface area (Å²) in [6.07, 6.45) is 0. The van der Waals surface area contributed by atoms with Crippen LogP contribution in [0.5, 0.6) is 0 Å². The van der Waals surface area contributed by atoms with Crippen molar-refractivity contribution >= 4 is 46.7 Å². The highest BCUT2D eigenvalue weighted by Crippen LogP contribution is 2.33. The van der Waals surface area contributed by atoms with E-state index in [9.17, 15) is 9.59 Å². The Balaban J connectivity index is 2.45. The maximum absolute atomic E-state index is 11.4. The summed E-state index contributed by atoms with van der Waals surface area (Å²) in [5.41, 5.74) is 0.416. The third kappa shape index (κ3) is 1.96. The molecule has 0 unspecified atom stereocenters. The van der Waals surface area contributed by atoms with Gasteiger partial charge < -0.3 is 5.32 Å². The van der Waals surface area contributed by atoms with Crippen LogP contribution in [0.25, 0.3) is 0 Å². The van der Waals surface area contributed by atoms with Gasteiger partial charge in [-0.3, -0.25) is 10.1 Å². The number of rotatable bonds is 1. The summed E-state index contributed by atoms with van der Waals surface area (Å²) in [5, 5.41) is 5.36. The molecule has 1 aliphatic heterocycles. The van der Waals surface area contributed by atoms with Crippen LogP contribution in [0.2, 0.25) is 15.1 Å². The summed E-state index contributed by atoms with van der Waals surface area (Å²) in [6.45, 7) is 0. The molecule has 1 aromatic carbocycles. The zero-order valence-corrected chi connectivity index (χ0v) is 9.95. The van der Waals surface area contributed by atoms with Gasteiger partial charge in [0.05, 0.1) is 10.0 Å². The van der Waals surface area contributed by atoms with E-state index in [2.05, 4.69) is 10.6 Å². The van der Waals surface area contributed by atoms with Crippen molar-refractivity contribution in [3.05, 3.63) is 32.8 Å². The minimum absolute atomic E-state index is 0.273. The minimum Gasteiger partial charge on any atom is -0.322 e. The summed E-state index contributed by atoms with van der Waals surface area (Å²) in [4.78, 5) is 22.4. The molecule has 0 radical (unpaired) electrons. The lowest BCUT2D eigenvalue weighted by Crippen LogP contribution is -2.22. The molecule has 2 rings (SSSR count). The molecule has 1 atom stereocenters. The van der Waals surface area contributed by atoms with E-state index in [0.29, 0.717) is 10.6 Å². The van der Waals surface area contributed by atoms with Crippen molar-refractivity contribution in [1.82, 2.24) is 10.6 Å². The van der Waals surface area contributed by atoms with Crippen LogP contribution in [0.4, 0.5) is 4.79 Å². The molecule has 1 aromatic rings. The highest BCUT2D eigenvalue weighted by Gasteiger charge is 2.32. The molecule has 1 heterocycles. The van der Waals surface area contributed by atoms with Gasteiger partial charge in [-0.25, -0.2) is 4.79 Å². The summed E-state index contributed by atoms with van der Waals surface area (Å²) < 4.78 is 0. The van der Waals surface area contributed by atoms with Crippen LogP contribution in [-0.2, 0) is 4.79 Å². The number of hydrogen-bond donors (Lipinski definition) is 2. The Hall–Kier alpha value is -0.970. The Bertz CT molecular complexity index is 490. The van der Waals surface area contributed by atoms with Crippen molar-refractivity contribution in [2.45, 2.75) is 6.04 Å². The number of amides is 3. The van der Waals surface area contributed by atoms with Gasteiger partial charge in [0, 0.05) is 10.6 Å². The molecule has 0 aliphatic carbocycles. The first-order valence-electron chi connectivity index (χ1n) is 4.25. The standard InChI is InChI=1S/C9H5Cl3N2O2/c10-4-2-6(12)5(11)1-3(4)7-8(15)14-9(16)13-7/h1-2,7H,(H2,13,14,15,16)/t7-/m0/s1. The Labute approximate surface area is 106 Å². The molecule has 16 heavy (non-hydrogen) atoms. The van der Waals surface area contributed by atoms with Gasteiger partial charge >= 0.3 is 6.03 Å². The lowest BCUT2D eigenvalue weighted by Gasteiger charge is -2.10. The van der Waals surface area contributed by atoms with Crippen LogP contribution in [0.15, 0.2) is 12.1 Å². The van der Waals surface area contributed by atoms with Gasteiger partial charge in [0.25, 0.3) is 5.91 Å². The lowest BCUT2D eigenvalue weighted by molar-refractivity contribution is -0.120. The van der Waals surface area contributed by atoms with Crippen LogP contribution in [0, 0.1) is 0 Å². The molecule has 1 fully saturated rings. The summed E-state index contributed by atoms with van der Waals surface area (Å²) in [6, 6.07) is 1.51. The zero-order chi connectivity index (χ0) is 11.9. The fourth-order valence-corrected chi connectivity index (χ4v) is 2.06.